The number of rotatable bonds is 3. The average molecular weight is 258 g/mol. The summed E-state index contributed by atoms with van der Waals surface area (Å²) in [7, 11) is 1.53. The number of phenolic OH excluding ortho intramolecular Hbond substituents is 1. The Morgan fingerprint density at radius 2 is 2.00 bits per heavy atom. The van der Waals surface area contributed by atoms with Gasteiger partial charge in [0.1, 0.15) is 11.5 Å². The molecule has 0 fully saturated rings. The van der Waals surface area contributed by atoms with E-state index in [1.165, 1.54) is 19.2 Å². The first-order chi connectivity index (χ1) is 9.11. The Morgan fingerprint density at radius 3 is 2.68 bits per heavy atom. The van der Waals surface area contributed by atoms with Crippen molar-refractivity contribution in [1.29, 1.82) is 0 Å². The summed E-state index contributed by atoms with van der Waals surface area (Å²) < 4.78 is 5.06. The lowest BCUT2D eigenvalue weighted by Gasteiger charge is -2.10. The number of para-hydroxylation sites is 1. The summed E-state index contributed by atoms with van der Waals surface area (Å²) >= 11 is 0. The van der Waals surface area contributed by atoms with Gasteiger partial charge < -0.3 is 20.9 Å². The number of hydrogen-bond donors (Lipinski definition) is 3. The van der Waals surface area contributed by atoms with Gasteiger partial charge in [-0.3, -0.25) is 4.79 Å². The number of amides is 1. The summed E-state index contributed by atoms with van der Waals surface area (Å²) in [6.07, 6.45) is 0. The fourth-order valence-electron chi connectivity index (χ4n) is 1.63. The summed E-state index contributed by atoms with van der Waals surface area (Å²) in [6, 6.07) is 11.2. The maximum Gasteiger partial charge on any atom is 0.259 e. The van der Waals surface area contributed by atoms with Crippen molar-refractivity contribution in [2.24, 2.45) is 0 Å². The van der Waals surface area contributed by atoms with E-state index in [1.807, 2.05) is 0 Å². The Balaban J connectivity index is 2.26. The Hall–Kier alpha value is -2.69. The Bertz CT molecular complexity index is 611. The zero-order valence-corrected chi connectivity index (χ0v) is 10.4. The van der Waals surface area contributed by atoms with Gasteiger partial charge in [-0.1, -0.05) is 12.1 Å². The number of benzene rings is 2. The fraction of sp³-hybridized carbons (Fsp3) is 0.0714. The van der Waals surface area contributed by atoms with Crippen molar-refractivity contribution in [2.75, 3.05) is 18.2 Å². The maximum absolute atomic E-state index is 12.0. The van der Waals surface area contributed by atoms with Crippen LogP contribution in [0.3, 0.4) is 0 Å². The number of carbonyl (C=O) groups excluding carboxylic acids is 1. The molecule has 2 aromatic rings. The highest BCUT2D eigenvalue weighted by Gasteiger charge is 2.12. The van der Waals surface area contributed by atoms with Crippen molar-refractivity contribution in [3.63, 3.8) is 0 Å². The Kier molecular flexibility index (Phi) is 3.56. The van der Waals surface area contributed by atoms with Gasteiger partial charge in [-0.25, -0.2) is 0 Å². The SMILES string of the molecule is COc1ccc(N)c(NC(=O)c2ccccc2O)c1. The van der Waals surface area contributed by atoms with Gasteiger partial charge in [0.25, 0.3) is 5.91 Å². The standard InChI is InChI=1S/C14H14N2O3/c1-19-9-6-7-11(15)12(8-9)16-14(18)10-4-2-3-5-13(10)17/h2-8,17H,15H2,1H3,(H,16,18). The van der Waals surface area contributed by atoms with E-state index in [0.29, 0.717) is 17.1 Å². The summed E-state index contributed by atoms with van der Waals surface area (Å²) in [4.78, 5) is 12.0. The second kappa shape index (κ2) is 5.30. The first kappa shape index (κ1) is 12.8. The average Bonchev–Trinajstić information content (AvgIpc) is 2.41. The first-order valence-electron chi connectivity index (χ1n) is 5.64. The normalized spacial score (nSPS) is 9.95. The molecule has 19 heavy (non-hydrogen) atoms. The predicted molar refractivity (Wildman–Crippen MR) is 73.5 cm³/mol. The number of nitrogens with two attached hydrogens (primary N) is 1. The number of phenols is 1. The highest BCUT2D eigenvalue weighted by Crippen LogP contribution is 2.26. The maximum atomic E-state index is 12.0. The molecule has 2 aromatic carbocycles. The van der Waals surface area contributed by atoms with Crippen LogP contribution in [0.1, 0.15) is 10.4 Å². The molecule has 0 atom stereocenters. The number of methoxy groups -OCH3 is 1. The monoisotopic (exact) mass is 258 g/mol. The van der Waals surface area contributed by atoms with Crippen LogP contribution in [-0.2, 0) is 0 Å². The zero-order valence-electron chi connectivity index (χ0n) is 10.4. The van der Waals surface area contributed by atoms with Crippen molar-refractivity contribution < 1.29 is 14.6 Å². The van der Waals surface area contributed by atoms with Gasteiger partial charge >= 0.3 is 0 Å². The molecule has 0 heterocycles. The molecule has 5 nitrogen and oxygen atoms in total. The summed E-state index contributed by atoms with van der Waals surface area (Å²) in [5.74, 6) is 0.0707. The minimum Gasteiger partial charge on any atom is -0.507 e. The highest BCUT2D eigenvalue weighted by atomic mass is 16.5. The largest absolute Gasteiger partial charge is 0.507 e. The van der Waals surface area contributed by atoms with Crippen LogP contribution in [0.15, 0.2) is 42.5 Å². The molecule has 0 aliphatic heterocycles. The van der Waals surface area contributed by atoms with Crippen LogP contribution < -0.4 is 15.8 Å². The van der Waals surface area contributed by atoms with Gasteiger partial charge in [0.2, 0.25) is 0 Å². The van der Waals surface area contributed by atoms with Crippen LogP contribution in [0.2, 0.25) is 0 Å². The third-order valence-corrected chi connectivity index (χ3v) is 2.66. The molecule has 0 bridgehead atoms. The molecule has 2 rings (SSSR count). The topological polar surface area (TPSA) is 84.6 Å². The molecule has 0 spiro atoms. The zero-order chi connectivity index (χ0) is 13.8. The lowest BCUT2D eigenvalue weighted by molar-refractivity contribution is 0.102. The highest BCUT2D eigenvalue weighted by molar-refractivity contribution is 6.07. The van der Waals surface area contributed by atoms with Crippen molar-refractivity contribution in [2.45, 2.75) is 0 Å². The van der Waals surface area contributed by atoms with Gasteiger partial charge in [0, 0.05) is 6.07 Å². The summed E-state index contributed by atoms with van der Waals surface area (Å²) in [5.41, 5.74) is 6.82. The quantitative estimate of drug-likeness (QED) is 0.737. The van der Waals surface area contributed by atoms with E-state index in [2.05, 4.69) is 5.32 Å². The van der Waals surface area contributed by atoms with Crippen molar-refractivity contribution >= 4 is 17.3 Å². The molecule has 0 unspecified atom stereocenters. The minimum absolute atomic E-state index is 0.0820. The summed E-state index contributed by atoms with van der Waals surface area (Å²) in [6.45, 7) is 0. The molecule has 0 aliphatic rings. The van der Waals surface area contributed by atoms with E-state index in [1.54, 1.807) is 30.3 Å². The minimum atomic E-state index is -0.432. The molecule has 0 aliphatic carbocycles. The van der Waals surface area contributed by atoms with E-state index in [9.17, 15) is 9.90 Å². The molecule has 98 valence electrons. The lowest BCUT2D eigenvalue weighted by Crippen LogP contribution is -2.13. The number of ether oxygens (including phenoxy) is 1. The molecule has 0 radical (unpaired) electrons. The van der Waals surface area contributed by atoms with E-state index in [4.69, 9.17) is 10.5 Å². The van der Waals surface area contributed by atoms with Crippen molar-refractivity contribution in [3.05, 3.63) is 48.0 Å². The van der Waals surface area contributed by atoms with Crippen LogP contribution in [0, 0.1) is 0 Å². The van der Waals surface area contributed by atoms with Gasteiger partial charge in [0.15, 0.2) is 0 Å². The fourth-order valence-corrected chi connectivity index (χ4v) is 1.63. The van der Waals surface area contributed by atoms with Crippen molar-refractivity contribution in [1.82, 2.24) is 0 Å². The second-order valence-corrected chi connectivity index (χ2v) is 3.92. The molecule has 4 N–H and O–H groups in total. The van der Waals surface area contributed by atoms with E-state index in [0.717, 1.165) is 0 Å². The number of aromatic hydroxyl groups is 1. The molecule has 1 amide bonds. The van der Waals surface area contributed by atoms with Gasteiger partial charge in [-0.05, 0) is 24.3 Å². The Morgan fingerprint density at radius 1 is 1.26 bits per heavy atom. The van der Waals surface area contributed by atoms with Crippen LogP contribution in [0.25, 0.3) is 0 Å². The lowest BCUT2D eigenvalue weighted by atomic mass is 10.1. The smallest absolute Gasteiger partial charge is 0.259 e. The van der Waals surface area contributed by atoms with Gasteiger partial charge in [-0.2, -0.15) is 0 Å². The van der Waals surface area contributed by atoms with Gasteiger partial charge in [0.05, 0.1) is 24.0 Å². The molecule has 0 aromatic heterocycles. The van der Waals surface area contributed by atoms with Crippen LogP contribution in [0.5, 0.6) is 11.5 Å². The van der Waals surface area contributed by atoms with E-state index >= 15 is 0 Å². The predicted octanol–water partition coefficient (Wildman–Crippen LogP) is 2.24. The Labute approximate surface area is 110 Å². The molecule has 5 heteroatoms. The third kappa shape index (κ3) is 2.77. The van der Waals surface area contributed by atoms with Crippen molar-refractivity contribution in [3.8, 4) is 11.5 Å². The van der Waals surface area contributed by atoms with Crippen LogP contribution >= 0.6 is 0 Å². The molecular formula is C14H14N2O3. The number of hydrogen-bond acceptors (Lipinski definition) is 4. The third-order valence-electron chi connectivity index (χ3n) is 2.66. The molecule has 0 saturated carbocycles. The van der Waals surface area contributed by atoms with E-state index in [-0.39, 0.29) is 11.3 Å². The number of nitrogens with one attached hydrogen (secondary N) is 1. The second-order valence-electron chi connectivity index (χ2n) is 3.92. The van der Waals surface area contributed by atoms with Gasteiger partial charge in [-0.15, -0.1) is 0 Å². The molecular weight excluding hydrogens is 244 g/mol. The van der Waals surface area contributed by atoms with Crippen LogP contribution in [0.4, 0.5) is 11.4 Å². The van der Waals surface area contributed by atoms with Crippen LogP contribution in [-0.4, -0.2) is 18.1 Å². The number of anilines is 2. The molecule has 0 saturated heterocycles. The summed E-state index contributed by atoms with van der Waals surface area (Å²) in [5, 5.41) is 12.3. The van der Waals surface area contributed by atoms with E-state index < -0.39 is 5.91 Å². The number of carbonyl (C=O) groups is 1. The first-order valence-corrected chi connectivity index (χ1v) is 5.64. The number of nitrogen functional groups attached to an aromatic ring is 1.